The molecule has 0 aliphatic heterocycles. The number of rotatable bonds is 11. The molecule has 0 aromatic carbocycles. The fourth-order valence-corrected chi connectivity index (χ4v) is 1.99. The summed E-state index contributed by atoms with van der Waals surface area (Å²) in [5.74, 6) is 0. The van der Waals surface area contributed by atoms with E-state index in [1.165, 1.54) is 36.8 Å². The first-order chi connectivity index (χ1) is 9.74. The second-order valence-electron chi connectivity index (χ2n) is 5.33. The van der Waals surface area contributed by atoms with E-state index in [1.807, 2.05) is 0 Å². The summed E-state index contributed by atoms with van der Waals surface area (Å²) in [5.41, 5.74) is 2.65. The number of hydrogen-bond acceptors (Lipinski definition) is 2. The highest BCUT2D eigenvalue weighted by molar-refractivity contribution is 5.16. The topological polar surface area (TPSA) is 22.3 Å². The van der Waals surface area contributed by atoms with Gasteiger partial charge in [-0.3, -0.25) is 0 Å². The first-order valence-corrected chi connectivity index (χ1v) is 7.86. The van der Waals surface area contributed by atoms with Crippen molar-refractivity contribution in [3.05, 3.63) is 29.6 Å². The molecular formula is C17H30NO2+. The SMILES string of the molecule is CCCCCCOCCOCC[n+]1ccc(C)c(C)c1. The molecule has 0 amide bonds. The Kier molecular flexibility index (Phi) is 9.25. The van der Waals surface area contributed by atoms with Gasteiger partial charge in [0.15, 0.2) is 18.9 Å². The van der Waals surface area contributed by atoms with E-state index < -0.39 is 0 Å². The molecule has 0 unspecified atom stereocenters. The fourth-order valence-electron chi connectivity index (χ4n) is 1.99. The van der Waals surface area contributed by atoms with Crippen molar-refractivity contribution in [3.8, 4) is 0 Å². The Morgan fingerprint density at radius 3 is 2.35 bits per heavy atom. The molecule has 1 rings (SSSR count). The Balaban J connectivity index is 1.95. The molecule has 0 saturated heterocycles. The van der Waals surface area contributed by atoms with Crippen molar-refractivity contribution >= 4 is 0 Å². The first-order valence-electron chi connectivity index (χ1n) is 7.86. The van der Waals surface area contributed by atoms with Gasteiger partial charge in [0.25, 0.3) is 0 Å². The number of aryl methyl sites for hydroxylation is 2. The van der Waals surface area contributed by atoms with Crippen LogP contribution in [0.4, 0.5) is 0 Å². The van der Waals surface area contributed by atoms with Crippen LogP contribution < -0.4 is 4.57 Å². The van der Waals surface area contributed by atoms with Crippen LogP contribution in [-0.4, -0.2) is 26.4 Å². The van der Waals surface area contributed by atoms with Crippen molar-refractivity contribution in [2.24, 2.45) is 0 Å². The minimum Gasteiger partial charge on any atom is -0.379 e. The lowest BCUT2D eigenvalue weighted by Gasteiger charge is -2.05. The lowest BCUT2D eigenvalue weighted by molar-refractivity contribution is -0.698. The maximum absolute atomic E-state index is 5.59. The van der Waals surface area contributed by atoms with Gasteiger partial charge in [-0.2, -0.15) is 0 Å². The van der Waals surface area contributed by atoms with Crippen molar-refractivity contribution in [3.63, 3.8) is 0 Å². The molecule has 114 valence electrons. The molecule has 0 aliphatic rings. The summed E-state index contributed by atoms with van der Waals surface area (Å²) in [5, 5.41) is 0. The van der Waals surface area contributed by atoms with Crippen LogP contribution in [0.2, 0.25) is 0 Å². The van der Waals surface area contributed by atoms with Gasteiger partial charge in [-0.25, -0.2) is 4.57 Å². The van der Waals surface area contributed by atoms with E-state index in [4.69, 9.17) is 9.47 Å². The zero-order valence-electron chi connectivity index (χ0n) is 13.4. The average molecular weight is 280 g/mol. The quantitative estimate of drug-likeness (QED) is 0.459. The Labute approximate surface area is 123 Å². The highest BCUT2D eigenvalue weighted by atomic mass is 16.5. The van der Waals surface area contributed by atoms with E-state index in [2.05, 4.69) is 43.8 Å². The lowest BCUT2D eigenvalue weighted by Crippen LogP contribution is -2.36. The summed E-state index contributed by atoms with van der Waals surface area (Å²) in [6, 6.07) is 2.15. The Morgan fingerprint density at radius 1 is 0.900 bits per heavy atom. The molecule has 1 heterocycles. The molecule has 1 aromatic heterocycles. The number of pyridine rings is 1. The lowest BCUT2D eigenvalue weighted by atomic mass is 10.2. The monoisotopic (exact) mass is 280 g/mol. The van der Waals surface area contributed by atoms with Gasteiger partial charge in [0, 0.05) is 18.2 Å². The second-order valence-corrected chi connectivity index (χ2v) is 5.33. The third kappa shape index (κ3) is 7.61. The molecule has 0 saturated carbocycles. The Hall–Kier alpha value is -0.930. The summed E-state index contributed by atoms with van der Waals surface area (Å²) < 4.78 is 13.3. The molecule has 1 aromatic rings. The van der Waals surface area contributed by atoms with Crippen LogP contribution >= 0.6 is 0 Å². The standard InChI is InChI=1S/C17H30NO2/c1-4-5-6-7-11-19-13-14-20-12-10-18-9-8-16(2)17(3)15-18/h8-9,15H,4-7,10-14H2,1-3H3/q+1. The second kappa shape index (κ2) is 10.8. The highest BCUT2D eigenvalue weighted by Crippen LogP contribution is 2.00. The van der Waals surface area contributed by atoms with Gasteiger partial charge in [0.1, 0.15) is 6.61 Å². The highest BCUT2D eigenvalue weighted by Gasteiger charge is 2.02. The van der Waals surface area contributed by atoms with E-state index in [1.54, 1.807) is 0 Å². The fraction of sp³-hybridized carbons (Fsp3) is 0.706. The summed E-state index contributed by atoms with van der Waals surface area (Å²) >= 11 is 0. The zero-order valence-corrected chi connectivity index (χ0v) is 13.4. The first kappa shape index (κ1) is 17.1. The number of hydrogen-bond donors (Lipinski definition) is 0. The van der Waals surface area contributed by atoms with Crippen LogP contribution in [0, 0.1) is 13.8 Å². The number of ether oxygens (including phenoxy) is 2. The van der Waals surface area contributed by atoms with Gasteiger partial charge in [-0.05, 0) is 25.8 Å². The van der Waals surface area contributed by atoms with E-state index in [0.717, 1.165) is 19.8 Å². The van der Waals surface area contributed by atoms with Crippen LogP contribution in [-0.2, 0) is 16.0 Å². The van der Waals surface area contributed by atoms with Crippen molar-refractivity contribution in [1.29, 1.82) is 0 Å². The third-order valence-corrected chi connectivity index (χ3v) is 3.51. The van der Waals surface area contributed by atoms with Crippen LogP contribution in [0.3, 0.4) is 0 Å². The molecule has 0 radical (unpaired) electrons. The summed E-state index contributed by atoms with van der Waals surface area (Å²) in [4.78, 5) is 0. The molecule has 3 heteroatoms. The normalized spacial score (nSPS) is 10.9. The molecule has 0 fully saturated rings. The molecule has 0 bridgehead atoms. The zero-order chi connectivity index (χ0) is 14.6. The van der Waals surface area contributed by atoms with Crippen LogP contribution in [0.5, 0.6) is 0 Å². The van der Waals surface area contributed by atoms with Crippen molar-refractivity contribution in [1.82, 2.24) is 0 Å². The largest absolute Gasteiger partial charge is 0.379 e. The molecule has 3 nitrogen and oxygen atoms in total. The van der Waals surface area contributed by atoms with Crippen molar-refractivity contribution in [2.75, 3.05) is 26.4 Å². The van der Waals surface area contributed by atoms with Gasteiger partial charge in [-0.1, -0.05) is 26.2 Å². The predicted octanol–water partition coefficient (Wildman–Crippen LogP) is 3.20. The Bertz CT molecular complexity index is 366. The minimum absolute atomic E-state index is 0.694. The van der Waals surface area contributed by atoms with E-state index in [9.17, 15) is 0 Å². The van der Waals surface area contributed by atoms with Crippen molar-refractivity contribution < 1.29 is 14.0 Å². The van der Waals surface area contributed by atoms with Crippen LogP contribution in [0.25, 0.3) is 0 Å². The van der Waals surface area contributed by atoms with Gasteiger partial charge < -0.3 is 9.47 Å². The number of aromatic nitrogens is 1. The Morgan fingerprint density at radius 2 is 1.65 bits per heavy atom. The molecular weight excluding hydrogens is 250 g/mol. The van der Waals surface area contributed by atoms with E-state index in [-0.39, 0.29) is 0 Å². The average Bonchev–Trinajstić information content (AvgIpc) is 2.45. The summed E-state index contributed by atoms with van der Waals surface area (Å²) in [7, 11) is 0. The predicted molar refractivity (Wildman–Crippen MR) is 81.9 cm³/mol. The van der Waals surface area contributed by atoms with Gasteiger partial charge in [0.05, 0.1) is 13.2 Å². The molecule has 20 heavy (non-hydrogen) atoms. The molecule has 0 atom stereocenters. The van der Waals surface area contributed by atoms with Crippen LogP contribution in [0.15, 0.2) is 18.5 Å². The smallest absolute Gasteiger partial charge is 0.172 e. The van der Waals surface area contributed by atoms with E-state index >= 15 is 0 Å². The van der Waals surface area contributed by atoms with Gasteiger partial charge in [-0.15, -0.1) is 0 Å². The molecule has 0 N–H and O–H groups in total. The minimum atomic E-state index is 0.694. The maximum atomic E-state index is 5.59. The number of nitrogens with zero attached hydrogens (tertiary/aromatic N) is 1. The van der Waals surface area contributed by atoms with Crippen molar-refractivity contribution in [2.45, 2.75) is 53.0 Å². The maximum Gasteiger partial charge on any atom is 0.172 e. The van der Waals surface area contributed by atoms with Gasteiger partial charge >= 0.3 is 0 Å². The van der Waals surface area contributed by atoms with Crippen LogP contribution in [0.1, 0.15) is 43.7 Å². The summed E-state index contributed by atoms with van der Waals surface area (Å²) in [6.07, 6.45) is 9.32. The molecule has 0 aliphatic carbocycles. The summed E-state index contributed by atoms with van der Waals surface area (Å²) in [6.45, 7) is 10.4. The number of unbranched alkanes of at least 4 members (excludes halogenated alkanes) is 3. The van der Waals surface area contributed by atoms with E-state index in [0.29, 0.717) is 13.2 Å². The third-order valence-electron chi connectivity index (χ3n) is 3.51. The molecule has 0 spiro atoms. The van der Waals surface area contributed by atoms with Gasteiger partial charge in [0.2, 0.25) is 0 Å².